The minimum absolute atomic E-state index is 0. The molecule has 0 amide bonds. The molecule has 4 heteroatoms. The van der Waals surface area contributed by atoms with Gasteiger partial charge in [0.2, 0.25) is 0 Å². The predicted octanol–water partition coefficient (Wildman–Crippen LogP) is 2.92. The van der Waals surface area contributed by atoms with E-state index in [2.05, 4.69) is 161 Å². The maximum absolute atomic E-state index is 3.34. The second-order valence-corrected chi connectivity index (χ2v) is 16.1. The molecule has 0 nitrogen and oxygen atoms in total. The zero-order valence-electron chi connectivity index (χ0n) is 26.1. The Labute approximate surface area is 293 Å². The number of benzene rings is 4. The van der Waals surface area contributed by atoms with Crippen molar-refractivity contribution in [3.05, 3.63) is 167 Å². The second kappa shape index (κ2) is 19.8. The van der Waals surface area contributed by atoms with E-state index in [9.17, 15) is 0 Å². The average molecular weight is 711 g/mol. The van der Waals surface area contributed by atoms with E-state index in [0.717, 1.165) is 25.7 Å². The van der Waals surface area contributed by atoms with E-state index in [0.29, 0.717) is 0 Å². The van der Waals surface area contributed by atoms with Crippen molar-refractivity contribution in [1.29, 1.82) is 0 Å². The van der Waals surface area contributed by atoms with Crippen LogP contribution in [0.2, 0.25) is 0 Å². The molecule has 6 rings (SSSR count). The van der Waals surface area contributed by atoms with Gasteiger partial charge in [-0.05, 0) is 35.1 Å². The van der Waals surface area contributed by atoms with Gasteiger partial charge < -0.3 is 24.8 Å². The van der Waals surface area contributed by atoms with Gasteiger partial charge in [0.05, 0.1) is 0 Å². The number of rotatable bonds is 6. The van der Waals surface area contributed by atoms with Gasteiger partial charge >= 0.3 is 99.8 Å². The average Bonchev–Trinajstić information content (AvgIpc) is 3.70. The molecule has 2 aliphatic rings. The summed E-state index contributed by atoms with van der Waals surface area (Å²) in [5.41, 5.74) is 10.6. The number of aryl methyl sites for hydroxylation is 2. The summed E-state index contributed by atoms with van der Waals surface area (Å²) in [6.45, 7) is 8.64. The van der Waals surface area contributed by atoms with Crippen molar-refractivity contribution >= 4 is 27.0 Å². The van der Waals surface area contributed by atoms with Crippen molar-refractivity contribution in [2.45, 2.75) is 53.4 Å². The van der Waals surface area contributed by atoms with Crippen molar-refractivity contribution in [2.24, 2.45) is 0 Å². The monoisotopic (exact) mass is 708 g/mol. The number of halogens is 2. The minimum atomic E-state index is -0.455. The fraction of sp³-hybridized carbons (Fsp3) is 0.200. The van der Waals surface area contributed by atoms with Crippen LogP contribution in [0.1, 0.15) is 62.8 Å². The molecule has 44 heavy (non-hydrogen) atoms. The summed E-state index contributed by atoms with van der Waals surface area (Å²) >= 11 is 1.64. The third-order valence-electron chi connectivity index (χ3n) is 7.51. The van der Waals surface area contributed by atoms with Gasteiger partial charge in [-0.15, -0.1) is 24.0 Å². The quantitative estimate of drug-likeness (QED) is 0.214. The van der Waals surface area contributed by atoms with E-state index in [4.69, 9.17) is 0 Å². The number of allylic oxidation sites excluding steroid dienone is 8. The van der Waals surface area contributed by atoms with Crippen LogP contribution in [0, 0.1) is 12.2 Å². The van der Waals surface area contributed by atoms with Crippen LogP contribution in [0.3, 0.4) is 0 Å². The predicted molar refractivity (Wildman–Crippen MR) is 180 cm³/mol. The second-order valence-electron chi connectivity index (χ2n) is 10.5. The van der Waals surface area contributed by atoms with Gasteiger partial charge in [0, 0.05) is 0 Å². The molecule has 4 aromatic rings. The van der Waals surface area contributed by atoms with Gasteiger partial charge in [-0.25, -0.2) is 23.3 Å². The molecule has 224 valence electrons. The standard InChI is InChI=1S/2C14H15.C12H10Si.2ClH.Zr/c2*1-3-12-6-4-5-7-14(12)13-9-8-11(2)10-13;1-3-7-11(8-4-1)13-12-9-5-2-6-10-12;;;/h2*4-7,10H,3,9H2,1-2H3;1-10H;2*1H;/q2*-1;;;;+2/p-2. The van der Waals surface area contributed by atoms with E-state index in [1.807, 2.05) is 0 Å². The molecular formula is C40H40Cl2SiZr-2. The Morgan fingerprint density at radius 2 is 0.886 bits per heavy atom. The first kappa shape index (κ1) is 37.7. The van der Waals surface area contributed by atoms with Crippen molar-refractivity contribution in [1.82, 2.24) is 0 Å². The van der Waals surface area contributed by atoms with Crippen molar-refractivity contribution in [3.8, 4) is 0 Å². The molecule has 0 aromatic heterocycles. The molecular weight excluding hydrogens is 671 g/mol. The molecule has 2 aliphatic carbocycles. The van der Waals surface area contributed by atoms with E-state index in [1.54, 1.807) is 23.3 Å². The summed E-state index contributed by atoms with van der Waals surface area (Å²) < 4.78 is 0. The van der Waals surface area contributed by atoms with Gasteiger partial charge in [0.1, 0.15) is 0 Å². The first-order valence-corrected chi connectivity index (χ1v) is 20.1. The van der Waals surface area contributed by atoms with E-state index in [-0.39, 0.29) is 24.8 Å². The third-order valence-corrected chi connectivity index (χ3v) is 13.6. The molecule has 0 radical (unpaired) electrons. The first-order valence-electron chi connectivity index (χ1n) is 14.9. The molecule has 0 spiro atoms. The maximum atomic E-state index is 3.34. The van der Waals surface area contributed by atoms with Crippen LogP contribution in [0.5, 0.6) is 0 Å². The van der Waals surface area contributed by atoms with Crippen LogP contribution >= 0.6 is 0 Å². The summed E-state index contributed by atoms with van der Waals surface area (Å²) in [7, 11) is 0. The fourth-order valence-electron chi connectivity index (χ4n) is 5.20. The summed E-state index contributed by atoms with van der Waals surface area (Å²) in [6.07, 6.45) is 15.3. The zero-order valence-corrected chi connectivity index (χ0v) is 31.1. The molecule has 4 aromatic carbocycles. The Hall–Kier alpha value is -2.48. The van der Waals surface area contributed by atoms with Crippen LogP contribution in [0.15, 0.2) is 132 Å². The summed E-state index contributed by atoms with van der Waals surface area (Å²) in [4.78, 5) is 0. The number of hydrogen-bond donors (Lipinski definition) is 0. The molecule has 0 fully saturated rings. The molecule has 0 N–H and O–H groups in total. The Bertz CT molecular complexity index is 1490. The van der Waals surface area contributed by atoms with Crippen LogP contribution in [-0.2, 0) is 36.2 Å². The normalized spacial score (nSPS) is 12.9. The van der Waals surface area contributed by atoms with Crippen LogP contribution < -0.4 is 35.2 Å². The third kappa shape index (κ3) is 10.8. The van der Waals surface area contributed by atoms with Gasteiger partial charge in [0.15, 0.2) is 0 Å². The summed E-state index contributed by atoms with van der Waals surface area (Å²) in [5, 5.41) is 3.03. The van der Waals surface area contributed by atoms with Gasteiger partial charge in [-0.2, -0.15) is 0 Å². The fourth-order valence-corrected chi connectivity index (χ4v) is 9.05. The molecule has 0 unspecified atom stereocenters. The summed E-state index contributed by atoms with van der Waals surface area (Å²) in [5.74, 6) is 0. The SMILES string of the molecule is CCc1ccccc1C1=CC(C)=[C-]C1.CCc1ccccc1C1=CC(C)=[C-]C1.[Cl-].[Cl-].[Zr+2]=[Si](c1ccccc1)c1ccccc1. The molecule has 0 atom stereocenters. The van der Waals surface area contributed by atoms with Gasteiger partial charge in [-0.3, -0.25) is 12.2 Å². The topological polar surface area (TPSA) is 0 Å². The molecule has 0 aliphatic heterocycles. The van der Waals surface area contributed by atoms with Crippen molar-refractivity contribution < 1.29 is 48.1 Å². The Morgan fingerprint density at radius 3 is 1.20 bits per heavy atom. The Kier molecular flexibility index (Phi) is 17.0. The summed E-state index contributed by atoms with van der Waals surface area (Å²) in [6, 6.07) is 39.0. The van der Waals surface area contributed by atoms with Crippen LogP contribution in [0.4, 0.5) is 0 Å². The van der Waals surface area contributed by atoms with E-state index >= 15 is 0 Å². The van der Waals surface area contributed by atoms with Crippen molar-refractivity contribution in [2.75, 3.05) is 0 Å². The Balaban J connectivity index is 0.000000225. The van der Waals surface area contributed by atoms with Crippen LogP contribution in [-0.4, -0.2) is 5.43 Å². The van der Waals surface area contributed by atoms with E-state index < -0.39 is 5.43 Å². The molecule has 0 saturated heterocycles. The zero-order chi connectivity index (χ0) is 29.7. The molecule has 0 saturated carbocycles. The first-order chi connectivity index (χ1) is 20.5. The van der Waals surface area contributed by atoms with E-state index in [1.165, 1.54) is 54.9 Å². The van der Waals surface area contributed by atoms with Gasteiger partial charge in [0.25, 0.3) is 0 Å². The van der Waals surface area contributed by atoms with Crippen LogP contribution in [0.25, 0.3) is 11.1 Å². The van der Waals surface area contributed by atoms with Gasteiger partial charge in [-0.1, -0.05) is 76.2 Å². The van der Waals surface area contributed by atoms with Crippen molar-refractivity contribution in [3.63, 3.8) is 0 Å². The molecule has 0 heterocycles. The number of hydrogen-bond acceptors (Lipinski definition) is 0. The Morgan fingerprint density at radius 1 is 0.545 bits per heavy atom. The molecule has 0 bridgehead atoms.